The van der Waals surface area contributed by atoms with E-state index in [1.54, 1.807) is 0 Å². The molecule has 0 saturated carbocycles. The van der Waals surface area contributed by atoms with Crippen LogP contribution >= 0.6 is 0 Å². The fourth-order valence-electron chi connectivity index (χ4n) is 2.60. The van der Waals surface area contributed by atoms with Crippen LogP contribution in [0.4, 0.5) is 4.79 Å². The molecule has 0 aromatic rings. The SMILES string of the molecule is CC(C)(C)OC(=O)NN1CCC2(CCNC2)C1. The van der Waals surface area contributed by atoms with Crippen LogP contribution in [-0.4, -0.2) is 42.9 Å². The van der Waals surface area contributed by atoms with E-state index in [0.717, 1.165) is 32.6 Å². The lowest BCUT2D eigenvalue weighted by Gasteiger charge is -2.25. The summed E-state index contributed by atoms with van der Waals surface area (Å²) in [5, 5.41) is 5.38. The lowest BCUT2D eigenvalue weighted by atomic mass is 9.87. The number of rotatable bonds is 1. The normalized spacial score (nSPS) is 29.8. The van der Waals surface area contributed by atoms with Crippen LogP contribution in [0.15, 0.2) is 0 Å². The second kappa shape index (κ2) is 4.46. The van der Waals surface area contributed by atoms with Gasteiger partial charge in [0.1, 0.15) is 5.60 Å². The Hall–Kier alpha value is -0.810. The van der Waals surface area contributed by atoms with Crippen molar-refractivity contribution in [2.24, 2.45) is 5.41 Å². The number of hydrogen-bond donors (Lipinski definition) is 2. The van der Waals surface area contributed by atoms with Gasteiger partial charge in [0.2, 0.25) is 0 Å². The zero-order valence-electron chi connectivity index (χ0n) is 11.0. The molecule has 2 heterocycles. The van der Waals surface area contributed by atoms with E-state index in [4.69, 9.17) is 4.74 Å². The third kappa shape index (κ3) is 3.33. The van der Waals surface area contributed by atoms with E-state index in [-0.39, 0.29) is 6.09 Å². The van der Waals surface area contributed by atoms with Crippen LogP contribution in [0.2, 0.25) is 0 Å². The summed E-state index contributed by atoms with van der Waals surface area (Å²) in [5.74, 6) is 0. The highest BCUT2D eigenvalue weighted by molar-refractivity contribution is 5.67. The predicted molar refractivity (Wildman–Crippen MR) is 65.5 cm³/mol. The Morgan fingerprint density at radius 1 is 1.41 bits per heavy atom. The lowest BCUT2D eigenvalue weighted by molar-refractivity contribution is 0.0351. The number of hydrazine groups is 1. The molecular formula is C12H23N3O2. The van der Waals surface area contributed by atoms with Gasteiger partial charge in [0.25, 0.3) is 0 Å². The van der Waals surface area contributed by atoms with Crippen molar-refractivity contribution in [3.8, 4) is 0 Å². The minimum atomic E-state index is -0.434. The maximum atomic E-state index is 11.6. The minimum absolute atomic E-state index is 0.347. The summed E-state index contributed by atoms with van der Waals surface area (Å²) in [7, 11) is 0. The van der Waals surface area contributed by atoms with Gasteiger partial charge in [0, 0.05) is 19.6 Å². The van der Waals surface area contributed by atoms with Crippen molar-refractivity contribution in [1.29, 1.82) is 0 Å². The Morgan fingerprint density at radius 2 is 2.18 bits per heavy atom. The van der Waals surface area contributed by atoms with Crippen LogP contribution in [0.1, 0.15) is 33.6 Å². The molecule has 1 spiro atoms. The molecule has 1 atom stereocenters. The molecule has 0 aliphatic carbocycles. The quantitative estimate of drug-likeness (QED) is 0.722. The maximum absolute atomic E-state index is 11.6. The van der Waals surface area contributed by atoms with E-state index in [1.165, 1.54) is 6.42 Å². The Bertz CT molecular complexity index is 293. The zero-order chi connectivity index (χ0) is 12.5. The topological polar surface area (TPSA) is 53.6 Å². The first-order chi connectivity index (χ1) is 7.89. The first-order valence-corrected chi connectivity index (χ1v) is 6.34. The summed E-state index contributed by atoms with van der Waals surface area (Å²) in [6, 6.07) is 0. The first kappa shape index (κ1) is 12.6. The molecule has 1 unspecified atom stereocenters. The average molecular weight is 241 g/mol. The lowest BCUT2D eigenvalue weighted by Crippen LogP contribution is -2.44. The molecule has 5 nitrogen and oxygen atoms in total. The van der Waals surface area contributed by atoms with Crippen LogP contribution in [0, 0.1) is 5.41 Å². The number of ether oxygens (including phenoxy) is 1. The molecule has 2 aliphatic heterocycles. The summed E-state index contributed by atoms with van der Waals surface area (Å²) in [4.78, 5) is 11.6. The summed E-state index contributed by atoms with van der Waals surface area (Å²) in [5.41, 5.74) is 2.77. The van der Waals surface area contributed by atoms with Gasteiger partial charge in [-0.15, -0.1) is 0 Å². The standard InChI is InChI=1S/C12H23N3O2/c1-11(2,3)17-10(16)14-15-7-5-12(9-15)4-6-13-8-12/h13H,4-9H2,1-3H3,(H,14,16). The van der Waals surface area contributed by atoms with Gasteiger partial charge in [0.15, 0.2) is 0 Å². The van der Waals surface area contributed by atoms with Crippen LogP contribution in [0.25, 0.3) is 0 Å². The van der Waals surface area contributed by atoms with Crippen molar-refractivity contribution < 1.29 is 9.53 Å². The number of nitrogens with one attached hydrogen (secondary N) is 2. The summed E-state index contributed by atoms with van der Waals surface area (Å²) in [6.45, 7) is 9.64. The molecule has 98 valence electrons. The largest absolute Gasteiger partial charge is 0.443 e. The number of carbonyl (C=O) groups excluding carboxylic acids is 1. The smallest absolute Gasteiger partial charge is 0.422 e. The average Bonchev–Trinajstić information content (AvgIpc) is 2.75. The van der Waals surface area contributed by atoms with Crippen molar-refractivity contribution in [3.05, 3.63) is 0 Å². The van der Waals surface area contributed by atoms with Crippen LogP contribution in [0.5, 0.6) is 0 Å². The fourth-order valence-corrected chi connectivity index (χ4v) is 2.60. The Kier molecular flexibility index (Phi) is 3.32. The molecule has 2 fully saturated rings. The Balaban J connectivity index is 1.79. The van der Waals surface area contributed by atoms with Gasteiger partial charge in [-0.2, -0.15) is 0 Å². The molecule has 0 radical (unpaired) electrons. The first-order valence-electron chi connectivity index (χ1n) is 6.34. The summed E-state index contributed by atoms with van der Waals surface area (Å²) in [6.07, 6.45) is 2.01. The molecule has 1 amide bonds. The summed E-state index contributed by atoms with van der Waals surface area (Å²) >= 11 is 0. The second-order valence-corrected chi connectivity index (χ2v) is 6.21. The highest BCUT2D eigenvalue weighted by atomic mass is 16.6. The van der Waals surface area contributed by atoms with Crippen LogP contribution < -0.4 is 10.7 Å². The highest BCUT2D eigenvalue weighted by Gasteiger charge is 2.41. The monoisotopic (exact) mass is 241 g/mol. The van der Waals surface area contributed by atoms with E-state index in [9.17, 15) is 4.79 Å². The zero-order valence-corrected chi connectivity index (χ0v) is 11.0. The van der Waals surface area contributed by atoms with Gasteiger partial charge in [-0.05, 0) is 45.6 Å². The van der Waals surface area contributed by atoms with Gasteiger partial charge in [-0.3, -0.25) is 5.43 Å². The fraction of sp³-hybridized carbons (Fsp3) is 0.917. The van der Waals surface area contributed by atoms with E-state index in [1.807, 2.05) is 25.8 Å². The van der Waals surface area contributed by atoms with Crippen LogP contribution in [0.3, 0.4) is 0 Å². The number of nitrogens with zero attached hydrogens (tertiary/aromatic N) is 1. The van der Waals surface area contributed by atoms with Gasteiger partial charge < -0.3 is 10.1 Å². The molecule has 2 saturated heterocycles. The molecule has 0 aromatic carbocycles. The van der Waals surface area contributed by atoms with Gasteiger partial charge in [-0.25, -0.2) is 9.80 Å². The third-order valence-corrected chi connectivity index (χ3v) is 3.42. The number of hydrogen-bond acceptors (Lipinski definition) is 4. The molecule has 2 rings (SSSR count). The number of carbonyl (C=O) groups is 1. The van der Waals surface area contributed by atoms with Gasteiger partial charge >= 0.3 is 6.09 Å². The molecule has 2 N–H and O–H groups in total. The van der Waals surface area contributed by atoms with Gasteiger partial charge in [0.05, 0.1) is 0 Å². The molecule has 5 heteroatoms. The van der Waals surface area contributed by atoms with Crippen molar-refractivity contribution in [3.63, 3.8) is 0 Å². The second-order valence-electron chi connectivity index (χ2n) is 6.21. The third-order valence-electron chi connectivity index (χ3n) is 3.42. The number of amides is 1. The van der Waals surface area contributed by atoms with E-state index in [2.05, 4.69) is 10.7 Å². The maximum Gasteiger partial charge on any atom is 0.422 e. The highest BCUT2D eigenvalue weighted by Crippen LogP contribution is 2.35. The Labute approximate surface area is 103 Å². The summed E-state index contributed by atoms with van der Waals surface area (Å²) < 4.78 is 5.24. The van der Waals surface area contributed by atoms with E-state index < -0.39 is 5.60 Å². The predicted octanol–water partition coefficient (Wildman–Crippen LogP) is 1.11. The van der Waals surface area contributed by atoms with E-state index >= 15 is 0 Å². The molecular weight excluding hydrogens is 218 g/mol. The van der Waals surface area contributed by atoms with Crippen molar-refractivity contribution >= 4 is 6.09 Å². The molecule has 17 heavy (non-hydrogen) atoms. The van der Waals surface area contributed by atoms with Gasteiger partial charge in [-0.1, -0.05) is 0 Å². The molecule has 0 aromatic heterocycles. The van der Waals surface area contributed by atoms with E-state index in [0.29, 0.717) is 5.41 Å². The van der Waals surface area contributed by atoms with Crippen molar-refractivity contribution in [1.82, 2.24) is 15.8 Å². The van der Waals surface area contributed by atoms with Crippen molar-refractivity contribution in [2.45, 2.75) is 39.2 Å². The Morgan fingerprint density at radius 3 is 2.76 bits per heavy atom. The van der Waals surface area contributed by atoms with Crippen molar-refractivity contribution in [2.75, 3.05) is 26.2 Å². The molecule has 0 bridgehead atoms. The molecule has 2 aliphatic rings. The van der Waals surface area contributed by atoms with Crippen LogP contribution in [-0.2, 0) is 4.74 Å². The minimum Gasteiger partial charge on any atom is -0.443 e.